The summed E-state index contributed by atoms with van der Waals surface area (Å²) in [7, 11) is -3.91. The van der Waals surface area contributed by atoms with Gasteiger partial charge in [-0.2, -0.15) is 4.31 Å². The molecule has 1 aliphatic heterocycles. The minimum atomic E-state index is -3.91. The molecule has 27 heavy (non-hydrogen) atoms. The quantitative estimate of drug-likeness (QED) is 0.788. The molecular weight excluding hydrogens is 407 g/mol. The number of nitrogens with one attached hydrogen (secondary N) is 1. The first-order valence-corrected chi connectivity index (χ1v) is 10.9. The van der Waals surface area contributed by atoms with Crippen molar-refractivity contribution in [1.82, 2.24) is 9.62 Å². The van der Waals surface area contributed by atoms with Crippen LogP contribution in [-0.4, -0.2) is 31.2 Å². The molecule has 8 heteroatoms. The topological polar surface area (TPSA) is 66.5 Å². The highest BCUT2D eigenvalue weighted by molar-refractivity contribution is 7.89. The van der Waals surface area contributed by atoms with Gasteiger partial charge in [-0.15, -0.1) is 0 Å². The third kappa shape index (κ3) is 4.82. The van der Waals surface area contributed by atoms with Gasteiger partial charge in [0.2, 0.25) is 15.9 Å². The van der Waals surface area contributed by atoms with Crippen molar-refractivity contribution in [1.29, 1.82) is 0 Å². The molecule has 0 radical (unpaired) electrons. The monoisotopic (exact) mass is 426 g/mol. The molecule has 0 bridgehead atoms. The molecular formula is C19H20Cl2N2O3S. The second-order valence-electron chi connectivity index (χ2n) is 6.44. The normalized spacial score (nSPS) is 18.2. The molecule has 144 valence electrons. The summed E-state index contributed by atoms with van der Waals surface area (Å²) >= 11 is 12.0. The number of carbonyl (C=O) groups is 1. The molecule has 0 aromatic heterocycles. The summed E-state index contributed by atoms with van der Waals surface area (Å²) in [6.45, 7) is 0.616. The fourth-order valence-electron chi connectivity index (χ4n) is 3.12. The minimum absolute atomic E-state index is 0.0591. The van der Waals surface area contributed by atoms with Crippen molar-refractivity contribution in [2.75, 3.05) is 6.54 Å². The molecule has 0 saturated carbocycles. The average molecular weight is 427 g/mol. The van der Waals surface area contributed by atoms with Crippen LogP contribution in [0.4, 0.5) is 0 Å². The lowest BCUT2D eigenvalue weighted by atomic mass is 10.1. The average Bonchev–Trinajstić information content (AvgIpc) is 2.84. The van der Waals surface area contributed by atoms with Gasteiger partial charge in [0, 0.05) is 23.1 Å². The van der Waals surface area contributed by atoms with E-state index in [1.165, 1.54) is 28.6 Å². The van der Waals surface area contributed by atoms with Crippen LogP contribution >= 0.6 is 23.2 Å². The van der Waals surface area contributed by atoms with Crippen LogP contribution in [0.15, 0.2) is 53.4 Å². The standard InChI is InChI=1S/C19H20Cl2N2O3S/c20-15-7-9-17(10-8-15)27(25,26)23(13-14-4-3-5-16(21)12-14)18-6-1-2-11-22-19(18)24/h3-5,7-10,12,18H,1-2,6,11,13H2,(H,22,24)/t18-/m1/s1. The Hall–Kier alpha value is -1.60. The van der Waals surface area contributed by atoms with E-state index in [4.69, 9.17) is 23.2 Å². The van der Waals surface area contributed by atoms with Crippen LogP contribution in [-0.2, 0) is 21.4 Å². The van der Waals surface area contributed by atoms with Crippen molar-refractivity contribution in [3.8, 4) is 0 Å². The second kappa shape index (κ2) is 8.61. The van der Waals surface area contributed by atoms with Gasteiger partial charge < -0.3 is 5.32 Å². The van der Waals surface area contributed by atoms with E-state index < -0.39 is 16.1 Å². The van der Waals surface area contributed by atoms with Crippen molar-refractivity contribution in [3.63, 3.8) is 0 Å². The Bertz CT molecular complexity index is 917. The van der Waals surface area contributed by atoms with Crippen LogP contribution in [0, 0.1) is 0 Å². The minimum Gasteiger partial charge on any atom is -0.355 e. The SMILES string of the molecule is O=C1NCCCC[C@H]1N(Cc1cccc(Cl)c1)S(=O)(=O)c1ccc(Cl)cc1. The van der Waals surface area contributed by atoms with Gasteiger partial charge in [0.15, 0.2) is 0 Å². The van der Waals surface area contributed by atoms with Crippen molar-refractivity contribution >= 4 is 39.1 Å². The van der Waals surface area contributed by atoms with Crippen LogP contribution in [0.3, 0.4) is 0 Å². The number of nitrogens with zero attached hydrogens (tertiary/aromatic N) is 1. The molecule has 2 aromatic carbocycles. The Labute approximate surface area is 169 Å². The highest BCUT2D eigenvalue weighted by Crippen LogP contribution is 2.26. The molecule has 1 heterocycles. The Morgan fingerprint density at radius 3 is 2.48 bits per heavy atom. The van der Waals surface area contributed by atoms with E-state index in [-0.39, 0.29) is 17.3 Å². The Morgan fingerprint density at radius 2 is 1.78 bits per heavy atom. The van der Waals surface area contributed by atoms with Gasteiger partial charge >= 0.3 is 0 Å². The van der Waals surface area contributed by atoms with E-state index in [1.54, 1.807) is 24.3 Å². The second-order valence-corrected chi connectivity index (χ2v) is 9.20. The molecule has 1 N–H and O–H groups in total. The van der Waals surface area contributed by atoms with Crippen molar-refractivity contribution in [2.24, 2.45) is 0 Å². The van der Waals surface area contributed by atoms with E-state index in [0.29, 0.717) is 23.0 Å². The number of benzene rings is 2. The lowest BCUT2D eigenvalue weighted by Crippen LogP contribution is -2.48. The Morgan fingerprint density at radius 1 is 1.04 bits per heavy atom. The third-order valence-electron chi connectivity index (χ3n) is 4.50. The lowest BCUT2D eigenvalue weighted by molar-refractivity contribution is -0.124. The Balaban J connectivity index is 2.02. The largest absolute Gasteiger partial charge is 0.355 e. The predicted molar refractivity (Wildman–Crippen MR) is 106 cm³/mol. The maximum atomic E-state index is 13.4. The summed E-state index contributed by atoms with van der Waals surface area (Å²) in [5.74, 6) is -0.271. The lowest BCUT2D eigenvalue weighted by Gasteiger charge is -2.29. The van der Waals surface area contributed by atoms with E-state index in [1.807, 2.05) is 0 Å². The predicted octanol–water partition coefficient (Wildman–Crippen LogP) is 3.85. The van der Waals surface area contributed by atoms with Gasteiger partial charge in [-0.05, 0) is 61.2 Å². The number of halogens is 2. The molecule has 1 atom stereocenters. The van der Waals surface area contributed by atoms with E-state index in [9.17, 15) is 13.2 Å². The first kappa shape index (κ1) is 20.1. The fourth-order valence-corrected chi connectivity index (χ4v) is 5.06. The zero-order chi connectivity index (χ0) is 19.4. The van der Waals surface area contributed by atoms with E-state index in [2.05, 4.69) is 5.32 Å². The molecule has 1 amide bonds. The van der Waals surface area contributed by atoms with Crippen molar-refractivity contribution < 1.29 is 13.2 Å². The molecule has 0 aliphatic carbocycles. The summed E-state index contributed by atoms with van der Waals surface area (Å²) in [6.07, 6.45) is 2.07. The Kier molecular flexibility index (Phi) is 6.42. The highest BCUT2D eigenvalue weighted by Gasteiger charge is 2.36. The smallest absolute Gasteiger partial charge is 0.244 e. The maximum Gasteiger partial charge on any atom is 0.244 e. The fraction of sp³-hybridized carbons (Fsp3) is 0.316. The van der Waals surface area contributed by atoms with Gasteiger partial charge in [0.1, 0.15) is 6.04 Å². The van der Waals surface area contributed by atoms with Gasteiger partial charge in [-0.1, -0.05) is 35.3 Å². The number of hydrogen-bond acceptors (Lipinski definition) is 3. The summed E-state index contributed by atoms with van der Waals surface area (Å²) in [5, 5.41) is 3.77. The van der Waals surface area contributed by atoms with Gasteiger partial charge in [0.05, 0.1) is 4.90 Å². The van der Waals surface area contributed by atoms with E-state index in [0.717, 1.165) is 18.4 Å². The van der Waals surface area contributed by atoms with Crippen LogP contribution < -0.4 is 5.32 Å². The first-order chi connectivity index (χ1) is 12.9. The number of sulfonamides is 1. The van der Waals surface area contributed by atoms with Gasteiger partial charge in [-0.3, -0.25) is 4.79 Å². The molecule has 1 aliphatic rings. The molecule has 2 aromatic rings. The van der Waals surface area contributed by atoms with Gasteiger partial charge in [-0.25, -0.2) is 8.42 Å². The summed E-state index contributed by atoms with van der Waals surface area (Å²) in [6, 6.07) is 12.2. The number of carbonyl (C=O) groups excluding carboxylic acids is 1. The number of rotatable bonds is 5. The van der Waals surface area contributed by atoms with E-state index >= 15 is 0 Å². The van der Waals surface area contributed by atoms with Crippen LogP contribution in [0.2, 0.25) is 10.0 Å². The molecule has 1 fully saturated rings. The van der Waals surface area contributed by atoms with Crippen LogP contribution in [0.1, 0.15) is 24.8 Å². The molecule has 0 unspecified atom stereocenters. The zero-order valence-electron chi connectivity index (χ0n) is 14.6. The van der Waals surface area contributed by atoms with Crippen LogP contribution in [0.5, 0.6) is 0 Å². The first-order valence-electron chi connectivity index (χ1n) is 8.67. The highest BCUT2D eigenvalue weighted by atomic mass is 35.5. The number of amides is 1. The molecule has 3 rings (SSSR count). The number of hydrogen-bond donors (Lipinski definition) is 1. The third-order valence-corrected chi connectivity index (χ3v) is 6.86. The zero-order valence-corrected chi connectivity index (χ0v) is 16.9. The van der Waals surface area contributed by atoms with Gasteiger partial charge in [0.25, 0.3) is 0 Å². The van der Waals surface area contributed by atoms with Crippen LogP contribution in [0.25, 0.3) is 0 Å². The van der Waals surface area contributed by atoms with Crippen molar-refractivity contribution in [2.45, 2.75) is 36.7 Å². The van der Waals surface area contributed by atoms with Crippen molar-refractivity contribution in [3.05, 3.63) is 64.1 Å². The molecule has 0 spiro atoms. The summed E-state index contributed by atoms with van der Waals surface area (Å²) in [4.78, 5) is 12.7. The maximum absolute atomic E-state index is 13.4. The summed E-state index contributed by atoms with van der Waals surface area (Å²) in [5.41, 5.74) is 0.720. The summed E-state index contributed by atoms with van der Waals surface area (Å²) < 4.78 is 28.0. The molecule has 5 nitrogen and oxygen atoms in total. The molecule has 1 saturated heterocycles.